The molecule has 6 heteroatoms. The molecule has 0 saturated heterocycles. The van der Waals surface area contributed by atoms with Crippen LogP contribution in [0.4, 0.5) is 0 Å². The molecule has 0 N–H and O–H groups in total. The second kappa shape index (κ2) is 51.0. The first-order valence-corrected chi connectivity index (χ1v) is 26.6. The van der Waals surface area contributed by atoms with Crippen molar-refractivity contribution in [1.82, 2.24) is 0 Å². The van der Waals surface area contributed by atoms with E-state index in [4.69, 9.17) is 14.2 Å². The quantitative estimate of drug-likeness (QED) is 0.0262. The predicted octanol–water partition coefficient (Wildman–Crippen LogP) is 17.5. The summed E-state index contributed by atoms with van der Waals surface area (Å²) in [5.74, 6) is -0.885. The first-order valence-electron chi connectivity index (χ1n) is 26.6. The van der Waals surface area contributed by atoms with Crippen LogP contribution in [0, 0.1) is 0 Å². The van der Waals surface area contributed by atoms with Crippen molar-refractivity contribution in [3.63, 3.8) is 0 Å². The highest BCUT2D eigenvalue weighted by molar-refractivity contribution is 5.71. The molecule has 360 valence electrons. The van der Waals surface area contributed by atoms with E-state index in [0.29, 0.717) is 19.3 Å². The van der Waals surface area contributed by atoms with Gasteiger partial charge in [0.15, 0.2) is 6.10 Å². The van der Waals surface area contributed by atoms with Gasteiger partial charge in [-0.25, -0.2) is 0 Å². The predicted molar refractivity (Wildman–Crippen MR) is 265 cm³/mol. The monoisotopic (exact) mass is 869 g/mol. The Labute approximate surface area is 384 Å². The molecule has 0 rings (SSSR count). The highest BCUT2D eigenvalue weighted by atomic mass is 16.6. The van der Waals surface area contributed by atoms with Gasteiger partial charge in [0.05, 0.1) is 0 Å². The van der Waals surface area contributed by atoms with Crippen molar-refractivity contribution in [2.75, 3.05) is 13.2 Å². The smallest absolute Gasteiger partial charge is 0.306 e. The molecule has 0 aliphatic heterocycles. The first-order chi connectivity index (χ1) is 30.5. The van der Waals surface area contributed by atoms with Gasteiger partial charge < -0.3 is 14.2 Å². The van der Waals surface area contributed by atoms with Gasteiger partial charge >= 0.3 is 17.9 Å². The van der Waals surface area contributed by atoms with E-state index in [1.807, 2.05) is 0 Å². The van der Waals surface area contributed by atoms with Crippen LogP contribution in [0.1, 0.15) is 271 Å². The number of esters is 3. The fourth-order valence-corrected chi connectivity index (χ4v) is 7.61. The van der Waals surface area contributed by atoms with Crippen molar-refractivity contribution in [2.24, 2.45) is 0 Å². The van der Waals surface area contributed by atoms with Gasteiger partial charge in [0.25, 0.3) is 0 Å². The van der Waals surface area contributed by atoms with Crippen molar-refractivity contribution >= 4 is 17.9 Å². The normalized spacial score (nSPS) is 12.4. The topological polar surface area (TPSA) is 78.9 Å². The first kappa shape index (κ1) is 59.4. The minimum absolute atomic E-state index is 0.0750. The summed E-state index contributed by atoms with van der Waals surface area (Å²) in [6, 6.07) is 0. The molecule has 0 aromatic carbocycles. The number of ether oxygens (including phenoxy) is 3. The second-order valence-corrected chi connectivity index (χ2v) is 17.8. The zero-order valence-electron chi connectivity index (χ0n) is 41.1. The summed E-state index contributed by atoms with van der Waals surface area (Å²) < 4.78 is 16.7. The molecule has 6 nitrogen and oxygen atoms in total. The third-order valence-electron chi connectivity index (χ3n) is 11.6. The molecule has 0 aliphatic rings. The van der Waals surface area contributed by atoms with Crippen LogP contribution in [0.2, 0.25) is 0 Å². The number of carbonyl (C=O) groups is 3. The molecule has 62 heavy (non-hydrogen) atoms. The van der Waals surface area contributed by atoms with Crippen molar-refractivity contribution in [2.45, 2.75) is 277 Å². The lowest BCUT2D eigenvalue weighted by Crippen LogP contribution is -2.30. The summed E-state index contributed by atoms with van der Waals surface area (Å²) in [5.41, 5.74) is 0. The largest absolute Gasteiger partial charge is 0.462 e. The van der Waals surface area contributed by atoms with Gasteiger partial charge in [-0.2, -0.15) is 0 Å². The average Bonchev–Trinajstić information content (AvgIpc) is 3.27. The number of allylic oxidation sites excluding steroid dienone is 8. The minimum atomic E-state index is -0.773. The highest BCUT2D eigenvalue weighted by Crippen LogP contribution is 2.16. The Morgan fingerprint density at radius 1 is 0.339 bits per heavy atom. The standard InChI is InChI=1S/C56H100O6/c1-4-7-10-13-16-18-20-22-24-26-28-30-31-33-35-37-40-43-46-49-55(58)61-52-53(51-60-54(57)48-45-42-39-15-12-9-6-3)62-56(59)50-47-44-41-38-36-34-32-29-27-25-23-21-19-17-14-11-8-5-2/h7,10,16,18,22,24,28,30,53H,4-6,8-9,11-15,17,19-21,23,25-27,29,31-52H2,1-3H3/b10-7-,18-16-,24-22-,30-28-. The fourth-order valence-electron chi connectivity index (χ4n) is 7.61. The molecule has 0 aromatic rings. The number of rotatable bonds is 48. The van der Waals surface area contributed by atoms with Crippen LogP contribution in [0.25, 0.3) is 0 Å². The molecular formula is C56H100O6. The lowest BCUT2D eigenvalue weighted by atomic mass is 10.0. The van der Waals surface area contributed by atoms with Gasteiger partial charge in [0.1, 0.15) is 13.2 Å². The van der Waals surface area contributed by atoms with Gasteiger partial charge in [0.2, 0.25) is 0 Å². The lowest BCUT2D eigenvalue weighted by molar-refractivity contribution is -0.167. The van der Waals surface area contributed by atoms with E-state index in [1.54, 1.807) is 0 Å². The molecule has 0 bridgehead atoms. The zero-order valence-corrected chi connectivity index (χ0v) is 41.1. The molecule has 0 amide bonds. The molecule has 1 atom stereocenters. The molecule has 0 aliphatic carbocycles. The van der Waals surface area contributed by atoms with E-state index < -0.39 is 6.10 Å². The van der Waals surface area contributed by atoms with E-state index in [1.165, 1.54) is 141 Å². The van der Waals surface area contributed by atoms with E-state index in [9.17, 15) is 14.4 Å². The third kappa shape index (κ3) is 48.4. The SMILES string of the molecule is CC/C=C\C/C=C\C/C=C\C/C=C\CCCCCCCCC(=O)OCC(COC(=O)CCCCCCCCC)OC(=O)CCCCCCCCCCCCCCCCCCCC. The molecule has 0 aromatic heterocycles. The Bertz CT molecular complexity index is 1090. The Morgan fingerprint density at radius 2 is 0.629 bits per heavy atom. The number of carbonyl (C=O) groups excluding carboxylic acids is 3. The maximum atomic E-state index is 12.8. The van der Waals surface area contributed by atoms with Crippen LogP contribution >= 0.6 is 0 Å². The van der Waals surface area contributed by atoms with Gasteiger partial charge in [0, 0.05) is 19.3 Å². The molecule has 0 fully saturated rings. The zero-order chi connectivity index (χ0) is 45.1. The van der Waals surface area contributed by atoms with E-state index >= 15 is 0 Å². The van der Waals surface area contributed by atoms with Gasteiger partial charge in [-0.15, -0.1) is 0 Å². The summed E-state index contributed by atoms with van der Waals surface area (Å²) in [7, 11) is 0. The number of hydrogen-bond acceptors (Lipinski definition) is 6. The van der Waals surface area contributed by atoms with E-state index in [2.05, 4.69) is 69.4 Å². The molecule has 0 spiro atoms. The van der Waals surface area contributed by atoms with Crippen molar-refractivity contribution < 1.29 is 28.6 Å². The molecule has 0 saturated carbocycles. The molecule has 0 heterocycles. The Kier molecular flexibility index (Phi) is 48.8. The number of hydrogen-bond donors (Lipinski definition) is 0. The van der Waals surface area contributed by atoms with Crippen LogP contribution in [-0.4, -0.2) is 37.2 Å². The summed E-state index contributed by atoms with van der Waals surface area (Å²) in [6.07, 6.45) is 61.1. The van der Waals surface area contributed by atoms with Crippen LogP contribution < -0.4 is 0 Å². The van der Waals surface area contributed by atoms with E-state index in [0.717, 1.165) is 89.9 Å². The van der Waals surface area contributed by atoms with Crippen LogP contribution in [0.3, 0.4) is 0 Å². The fraction of sp³-hybridized carbons (Fsp3) is 0.804. The highest BCUT2D eigenvalue weighted by Gasteiger charge is 2.19. The molecule has 1 unspecified atom stereocenters. The summed E-state index contributed by atoms with van der Waals surface area (Å²) in [4.78, 5) is 37.8. The van der Waals surface area contributed by atoms with Crippen LogP contribution in [-0.2, 0) is 28.6 Å². The van der Waals surface area contributed by atoms with Gasteiger partial charge in [-0.3, -0.25) is 14.4 Å². The Hall–Kier alpha value is -2.63. The summed E-state index contributed by atoms with van der Waals surface area (Å²) >= 11 is 0. The maximum absolute atomic E-state index is 12.8. The van der Waals surface area contributed by atoms with E-state index in [-0.39, 0.29) is 31.1 Å². The number of unbranched alkanes of at least 4 members (excludes halogenated alkanes) is 29. The Morgan fingerprint density at radius 3 is 0.984 bits per heavy atom. The molecule has 0 radical (unpaired) electrons. The van der Waals surface area contributed by atoms with Crippen molar-refractivity contribution in [3.8, 4) is 0 Å². The second-order valence-electron chi connectivity index (χ2n) is 17.8. The molecular weight excluding hydrogens is 769 g/mol. The maximum Gasteiger partial charge on any atom is 0.306 e. The average molecular weight is 869 g/mol. The van der Waals surface area contributed by atoms with Gasteiger partial charge in [-0.05, 0) is 57.8 Å². The lowest BCUT2D eigenvalue weighted by Gasteiger charge is -2.18. The minimum Gasteiger partial charge on any atom is -0.462 e. The Balaban J connectivity index is 4.24. The summed E-state index contributed by atoms with van der Waals surface area (Å²) in [6.45, 7) is 6.50. The third-order valence-corrected chi connectivity index (χ3v) is 11.6. The summed E-state index contributed by atoms with van der Waals surface area (Å²) in [5, 5.41) is 0. The van der Waals surface area contributed by atoms with Crippen LogP contribution in [0.15, 0.2) is 48.6 Å². The van der Waals surface area contributed by atoms with Crippen LogP contribution in [0.5, 0.6) is 0 Å². The van der Waals surface area contributed by atoms with Crippen molar-refractivity contribution in [1.29, 1.82) is 0 Å². The van der Waals surface area contributed by atoms with Gasteiger partial charge in [-0.1, -0.05) is 243 Å². The van der Waals surface area contributed by atoms with Crippen molar-refractivity contribution in [3.05, 3.63) is 48.6 Å².